The summed E-state index contributed by atoms with van der Waals surface area (Å²) in [5.74, 6) is 1.45. The molecule has 3 aromatic heterocycles. The van der Waals surface area contributed by atoms with Gasteiger partial charge in [-0.15, -0.1) is 0 Å². The molecule has 8 heteroatoms. The predicted octanol–water partition coefficient (Wildman–Crippen LogP) is 6.36. The van der Waals surface area contributed by atoms with E-state index < -0.39 is 0 Å². The molecule has 1 aliphatic heterocycles. The molecule has 5 rings (SSSR count). The number of benzene rings is 1. The molecule has 0 atom stereocenters. The number of aromatic amines is 1. The number of halogens is 2. The van der Waals surface area contributed by atoms with Crippen LogP contribution in [0.3, 0.4) is 0 Å². The first-order chi connectivity index (χ1) is 15.6. The Hall–Kier alpha value is -2.96. The molecule has 6 nitrogen and oxygen atoms in total. The van der Waals surface area contributed by atoms with Crippen LogP contribution < -0.4 is 15.0 Å². The number of H-pyrrole nitrogens is 1. The van der Waals surface area contributed by atoms with Crippen LogP contribution in [-0.4, -0.2) is 34.1 Å². The second-order valence-corrected chi connectivity index (χ2v) is 8.79. The lowest BCUT2D eigenvalue weighted by atomic mass is 10.1. The summed E-state index contributed by atoms with van der Waals surface area (Å²) >= 11 is 12.3. The third-order valence-corrected chi connectivity index (χ3v) is 6.36. The average Bonchev–Trinajstić information content (AvgIpc) is 3.27. The van der Waals surface area contributed by atoms with Gasteiger partial charge in [-0.25, -0.2) is 9.97 Å². The van der Waals surface area contributed by atoms with Crippen LogP contribution in [0.4, 0.5) is 17.2 Å². The summed E-state index contributed by atoms with van der Waals surface area (Å²) in [7, 11) is 0. The number of nitrogens with zero attached hydrogens (tertiary/aromatic N) is 3. The molecule has 1 fully saturated rings. The summed E-state index contributed by atoms with van der Waals surface area (Å²) in [6.45, 7) is 3.91. The van der Waals surface area contributed by atoms with Gasteiger partial charge in [0.05, 0.1) is 10.0 Å². The molecule has 0 aliphatic carbocycles. The molecule has 0 saturated carbocycles. The highest BCUT2D eigenvalue weighted by Crippen LogP contribution is 2.32. The van der Waals surface area contributed by atoms with E-state index in [2.05, 4.69) is 38.2 Å². The number of hydrogen-bond donors (Lipinski definition) is 2. The normalized spacial score (nSPS) is 14.7. The van der Waals surface area contributed by atoms with Crippen LogP contribution in [0.5, 0.6) is 5.88 Å². The third kappa shape index (κ3) is 4.33. The van der Waals surface area contributed by atoms with E-state index in [1.165, 1.54) is 5.69 Å². The zero-order valence-corrected chi connectivity index (χ0v) is 19.1. The lowest BCUT2D eigenvalue weighted by Crippen LogP contribution is -2.38. The van der Waals surface area contributed by atoms with E-state index in [9.17, 15) is 0 Å². The second-order valence-electron chi connectivity index (χ2n) is 7.94. The standard InChI is InChI=1S/C24H23Cl2N5O/c1-15-22(31-10-6-18(7-11-31)32-23-3-2-16(25)14-29-23)5-9-28-24(15)30-17-12-20(26)19-4-8-27-21(19)13-17/h2-5,8-9,12-14,18,27H,6-7,10-11H2,1H3,(H,28,30). The highest BCUT2D eigenvalue weighted by Gasteiger charge is 2.23. The topological polar surface area (TPSA) is 66.1 Å². The Morgan fingerprint density at radius 1 is 1.09 bits per heavy atom. The van der Waals surface area contributed by atoms with Crippen molar-refractivity contribution in [2.45, 2.75) is 25.9 Å². The summed E-state index contributed by atoms with van der Waals surface area (Å²) in [5.41, 5.74) is 4.18. The molecule has 32 heavy (non-hydrogen) atoms. The maximum Gasteiger partial charge on any atom is 0.213 e. The minimum atomic E-state index is 0.148. The van der Waals surface area contributed by atoms with Crippen molar-refractivity contribution in [2.75, 3.05) is 23.3 Å². The largest absolute Gasteiger partial charge is 0.474 e. The van der Waals surface area contributed by atoms with Gasteiger partial charge in [-0.2, -0.15) is 0 Å². The average molecular weight is 468 g/mol. The van der Waals surface area contributed by atoms with Crippen molar-refractivity contribution in [3.8, 4) is 5.88 Å². The highest BCUT2D eigenvalue weighted by atomic mass is 35.5. The number of pyridine rings is 2. The summed E-state index contributed by atoms with van der Waals surface area (Å²) < 4.78 is 6.03. The van der Waals surface area contributed by atoms with E-state index in [0.29, 0.717) is 15.9 Å². The minimum absolute atomic E-state index is 0.148. The summed E-state index contributed by atoms with van der Waals surface area (Å²) in [4.78, 5) is 14.4. The van der Waals surface area contributed by atoms with Crippen LogP contribution in [0.2, 0.25) is 10.0 Å². The van der Waals surface area contributed by atoms with Gasteiger partial charge >= 0.3 is 0 Å². The summed E-state index contributed by atoms with van der Waals surface area (Å²) in [5, 5.41) is 5.76. The Kier molecular flexibility index (Phi) is 5.81. The lowest BCUT2D eigenvalue weighted by molar-refractivity contribution is 0.164. The van der Waals surface area contributed by atoms with Crippen molar-refractivity contribution in [2.24, 2.45) is 0 Å². The lowest BCUT2D eigenvalue weighted by Gasteiger charge is -2.34. The van der Waals surface area contributed by atoms with E-state index in [-0.39, 0.29) is 6.10 Å². The summed E-state index contributed by atoms with van der Waals surface area (Å²) in [6, 6.07) is 11.6. The monoisotopic (exact) mass is 467 g/mol. The molecule has 0 unspecified atom stereocenters. The maximum atomic E-state index is 6.43. The van der Waals surface area contributed by atoms with Crippen LogP contribution >= 0.6 is 23.2 Å². The van der Waals surface area contributed by atoms with Crippen molar-refractivity contribution in [1.29, 1.82) is 0 Å². The third-order valence-electron chi connectivity index (χ3n) is 5.83. The van der Waals surface area contributed by atoms with Crippen molar-refractivity contribution in [3.63, 3.8) is 0 Å². The van der Waals surface area contributed by atoms with Crippen LogP contribution in [0.25, 0.3) is 10.9 Å². The maximum absolute atomic E-state index is 6.43. The molecule has 4 aromatic rings. The van der Waals surface area contributed by atoms with Crippen LogP contribution in [0.1, 0.15) is 18.4 Å². The quantitative estimate of drug-likeness (QED) is 0.357. The van der Waals surface area contributed by atoms with Gasteiger partial charge in [0, 0.05) is 78.4 Å². The van der Waals surface area contributed by atoms with Crippen molar-refractivity contribution in [1.82, 2.24) is 15.0 Å². The van der Waals surface area contributed by atoms with Gasteiger partial charge in [-0.3, -0.25) is 0 Å². The second kappa shape index (κ2) is 8.88. The summed E-state index contributed by atoms with van der Waals surface area (Å²) in [6.07, 6.45) is 7.35. The first-order valence-electron chi connectivity index (χ1n) is 10.6. The molecule has 1 aliphatic rings. The number of ether oxygens (including phenoxy) is 1. The fraction of sp³-hybridized carbons (Fsp3) is 0.250. The highest BCUT2D eigenvalue weighted by molar-refractivity contribution is 6.35. The zero-order valence-electron chi connectivity index (χ0n) is 17.6. The first-order valence-corrected chi connectivity index (χ1v) is 11.3. The number of anilines is 3. The van der Waals surface area contributed by atoms with E-state index in [4.69, 9.17) is 27.9 Å². The van der Waals surface area contributed by atoms with Crippen LogP contribution in [0, 0.1) is 6.92 Å². The van der Waals surface area contributed by atoms with Crippen molar-refractivity contribution >= 4 is 51.3 Å². The van der Waals surface area contributed by atoms with Gasteiger partial charge in [0.2, 0.25) is 5.88 Å². The van der Waals surface area contributed by atoms with E-state index in [1.54, 1.807) is 12.3 Å². The van der Waals surface area contributed by atoms with Gasteiger partial charge in [-0.05, 0) is 37.3 Å². The number of rotatable bonds is 5. The molecule has 4 heterocycles. The van der Waals surface area contributed by atoms with Crippen molar-refractivity contribution < 1.29 is 4.74 Å². The van der Waals surface area contributed by atoms with Gasteiger partial charge in [0.15, 0.2) is 0 Å². The predicted molar refractivity (Wildman–Crippen MR) is 131 cm³/mol. The molecule has 0 amide bonds. The Balaban J connectivity index is 1.28. The molecule has 164 valence electrons. The molecule has 1 aromatic carbocycles. The molecule has 0 bridgehead atoms. The smallest absolute Gasteiger partial charge is 0.213 e. The fourth-order valence-corrected chi connectivity index (χ4v) is 4.54. The number of hydrogen-bond acceptors (Lipinski definition) is 5. The van der Waals surface area contributed by atoms with Crippen molar-refractivity contribution in [3.05, 3.63) is 70.6 Å². The van der Waals surface area contributed by atoms with Gasteiger partial charge in [-0.1, -0.05) is 23.2 Å². The first kappa shape index (κ1) is 20.9. The van der Waals surface area contributed by atoms with Gasteiger partial charge in [0.25, 0.3) is 0 Å². The Morgan fingerprint density at radius 2 is 1.94 bits per heavy atom. The zero-order chi connectivity index (χ0) is 22.1. The van der Waals surface area contributed by atoms with E-state index in [1.807, 2.05) is 36.7 Å². The van der Waals surface area contributed by atoms with E-state index in [0.717, 1.165) is 53.9 Å². The molecule has 2 N–H and O–H groups in total. The molecule has 0 radical (unpaired) electrons. The van der Waals surface area contributed by atoms with Gasteiger partial charge < -0.3 is 19.9 Å². The fourth-order valence-electron chi connectivity index (χ4n) is 4.14. The SMILES string of the molecule is Cc1c(N2CCC(Oc3ccc(Cl)cn3)CC2)ccnc1Nc1cc(Cl)c2cc[nH]c2c1. The molecular weight excluding hydrogens is 445 g/mol. The van der Waals surface area contributed by atoms with Gasteiger partial charge in [0.1, 0.15) is 11.9 Å². The Labute approximate surface area is 196 Å². The van der Waals surface area contributed by atoms with E-state index >= 15 is 0 Å². The Morgan fingerprint density at radius 3 is 2.72 bits per heavy atom. The number of piperidine rings is 1. The van der Waals surface area contributed by atoms with Crippen LogP contribution in [-0.2, 0) is 0 Å². The molecule has 0 spiro atoms. The van der Waals surface area contributed by atoms with Crippen LogP contribution in [0.15, 0.2) is 55.0 Å². The number of aromatic nitrogens is 3. The number of nitrogens with one attached hydrogen (secondary N) is 2. The molecular formula is C24H23Cl2N5O. The number of fused-ring (bicyclic) bond motifs is 1. The minimum Gasteiger partial charge on any atom is -0.474 e. The molecule has 1 saturated heterocycles. The Bertz CT molecular complexity index is 1230.